The van der Waals surface area contributed by atoms with E-state index >= 15 is 0 Å². The van der Waals surface area contributed by atoms with Gasteiger partial charge in [0.2, 0.25) is 5.91 Å². The summed E-state index contributed by atoms with van der Waals surface area (Å²) in [6, 6.07) is 13.3. The lowest BCUT2D eigenvalue weighted by molar-refractivity contribution is -0.120. The van der Waals surface area contributed by atoms with Crippen molar-refractivity contribution in [2.45, 2.75) is 26.4 Å². The molecule has 0 atom stereocenters. The molecule has 1 aliphatic rings. The fraction of sp³-hybridized carbons (Fsp3) is 0.280. The lowest BCUT2D eigenvalue weighted by atomic mass is 10.1. The van der Waals surface area contributed by atoms with Gasteiger partial charge in [0.1, 0.15) is 5.69 Å². The zero-order chi connectivity index (χ0) is 23.7. The minimum absolute atomic E-state index is 0.0287. The largest absolute Gasteiger partial charge is 0.463 e. The molecule has 0 aliphatic carbocycles. The molecular formula is C25H26N6O3. The predicted molar refractivity (Wildman–Crippen MR) is 128 cm³/mol. The number of piperazine rings is 1. The quantitative estimate of drug-likeness (QED) is 0.460. The van der Waals surface area contributed by atoms with Gasteiger partial charge in [-0.3, -0.25) is 9.59 Å². The van der Waals surface area contributed by atoms with Crippen molar-refractivity contribution >= 4 is 28.5 Å². The van der Waals surface area contributed by atoms with Crippen LogP contribution in [0.3, 0.4) is 0 Å². The van der Waals surface area contributed by atoms with Gasteiger partial charge in [0.15, 0.2) is 11.4 Å². The molecule has 5 rings (SSSR count). The highest BCUT2D eigenvalue weighted by Crippen LogP contribution is 2.27. The van der Waals surface area contributed by atoms with Crippen LogP contribution in [0.2, 0.25) is 0 Å². The summed E-state index contributed by atoms with van der Waals surface area (Å²) < 4.78 is 7.33. The average molecular weight is 459 g/mol. The van der Waals surface area contributed by atoms with Crippen LogP contribution in [-0.2, 0) is 11.3 Å². The van der Waals surface area contributed by atoms with E-state index in [1.165, 1.54) is 0 Å². The molecule has 174 valence electrons. The van der Waals surface area contributed by atoms with Crippen molar-refractivity contribution in [3.05, 3.63) is 66.1 Å². The Morgan fingerprint density at radius 1 is 1.24 bits per heavy atom. The van der Waals surface area contributed by atoms with E-state index in [9.17, 15) is 9.59 Å². The van der Waals surface area contributed by atoms with Crippen LogP contribution in [-0.4, -0.2) is 46.2 Å². The Balaban J connectivity index is 1.36. The number of benzene rings is 1. The van der Waals surface area contributed by atoms with E-state index in [0.29, 0.717) is 47.7 Å². The maximum Gasteiger partial charge on any atom is 0.252 e. The van der Waals surface area contributed by atoms with Crippen molar-refractivity contribution in [3.8, 4) is 11.5 Å². The van der Waals surface area contributed by atoms with Gasteiger partial charge in [-0.1, -0.05) is 12.1 Å². The molecule has 4 heterocycles. The minimum atomic E-state index is -0.208. The lowest BCUT2D eigenvalue weighted by Crippen LogP contribution is -2.47. The fourth-order valence-electron chi connectivity index (χ4n) is 4.10. The SMILES string of the molecule is CC(C)n1ncc2c(C(=O)NCc3ccc(N4CCNC(=O)C4)cc3)cc(-c3ccco3)nc21. The first-order valence-corrected chi connectivity index (χ1v) is 11.3. The molecule has 0 radical (unpaired) electrons. The van der Waals surface area contributed by atoms with Gasteiger partial charge in [-0.2, -0.15) is 5.10 Å². The third-order valence-corrected chi connectivity index (χ3v) is 5.87. The highest BCUT2D eigenvalue weighted by Gasteiger charge is 2.20. The Labute approximate surface area is 196 Å². The van der Waals surface area contributed by atoms with Crippen LogP contribution < -0.4 is 15.5 Å². The number of aromatic nitrogens is 3. The summed E-state index contributed by atoms with van der Waals surface area (Å²) in [6.07, 6.45) is 3.27. The standard InChI is InChI=1S/C25H26N6O3/c1-16(2)31-24-20(14-28-31)19(12-21(29-24)22-4-3-11-34-22)25(33)27-13-17-5-7-18(8-6-17)30-10-9-26-23(32)15-30/h3-8,11-12,14,16H,9-10,13,15H2,1-2H3,(H,26,32)(H,27,33). The van der Waals surface area contributed by atoms with E-state index in [0.717, 1.165) is 17.8 Å². The smallest absolute Gasteiger partial charge is 0.252 e. The Morgan fingerprint density at radius 3 is 2.76 bits per heavy atom. The first kappa shape index (κ1) is 21.7. The van der Waals surface area contributed by atoms with Crippen molar-refractivity contribution in [1.82, 2.24) is 25.4 Å². The normalized spacial score (nSPS) is 14.0. The summed E-state index contributed by atoms with van der Waals surface area (Å²) in [4.78, 5) is 31.6. The van der Waals surface area contributed by atoms with Gasteiger partial charge in [-0.25, -0.2) is 9.67 Å². The molecule has 1 fully saturated rings. The molecule has 0 unspecified atom stereocenters. The highest BCUT2D eigenvalue weighted by molar-refractivity contribution is 6.06. The first-order chi connectivity index (χ1) is 16.5. The van der Waals surface area contributed by atoms with Crippen molar-refractivity contribution in [2.75, 3.05) is 24.5 Å². The van der Waals surface area contributed by atoms with Crippen LogP contribution in [0.4, 0.5) is 5.69 Å². The number of furan rings is 1. The summed E-state index contributed by atoms with van der Waals surface area (Å²) >= 11 is 0. The van der Waals surface area contributed by atoms with Gasteiger partial charge < -0.3 is 20.0 Å². The zero-order valence-corrected chi connectivity index (χ0v) is 19.1. The van der Waals surface area contributed by atoms with Crippen LogP contribution >= 0.6 is 0 Å². The highest BCUT2D eigenvalue weighted by atomic mass is 16.3. The molecule has 2 N–H and O–H groups in total. The predicted octanol–water partition coefficient (Wildman–Crippen LogP) is 3.14. The topological polar surface area (TPSA) is 105 Å². The van der Waals surface area contributed by atoms with Crippen LogP contribution in [0.5, 0.6) is 0 Å². The second-order valence-corrected chi connectivity index (χ2v) is 8.57. The van der Waals surface area contributed by atoms with Crippen molar-refractivity contribution in [3.63, 3.8) is 0 Å². The lowest BCUT2D eigenvalue weighted by Gasteiger charge is -2.28. The van der Waals surface area contributed by atoms with Gasteiger partial charge in [0.05, 0.1) is 30.0 Å². The van der Waals surface area contributed by atoms with Gasteiger partial charge in [0.25, 0.3) is 5.91 Å². The monoisotopic (exact) mass is 458 g/mol. The molecule has 1 aromatic carbocycles. The van der Waals surface area contributed by atoms with Gasteiger partial charge in [-0.15, -0.1) is 0 Å². The number of anilines is 1. The third kappa shape index (κ3) is 4.24. The van der Waals surface area contributed by atoms with E-state index in [1.807, 2.05) is 49.1 Å². The van der Waals surface area contributed by atoms with E-state index in [1.54, 1.807) is 29.3 Å². The maximum absolute atomic E-state index is 13.2. The number of carbonyl (C=O) groups is 2. The van der Waals surface area contributed by atoms with E-state index in [2.05, 4.69) is 15.7 Å². The molecule has 2 amide bonds. The van der Waals surface area contributed by atoms with Crippen molar-refractivity contribution in [1.29, 1.82) is 0 Å². The Kier molecular flexibility index (Phi) is 5.75. The van der Waals surface area contributed by atoms with Crippen molar-refractivity contribution in [2.24, 2.45) is 0 Å². The van der Waals surface area contributed by atoms with E-state index in [-0.39, 0.29) is 17.9 Å². The van der Waals surface area contributed by atoms with E-state index < -0.39 is 0 Å². The zero-order valence-electron chi connectivity index (χ0n) is 19.1. The summed E-state index contributed by atoms with van der Waals surface area (Å²) in [6.45, 7) is 6.20. The summed E-state index contributed by atoms with van der Waals surface area (Å²) in [5.74, 6) is 0.413. The minimum Gasteiger partial charge on any atom is -0.463 e. The summed E-state index contributed by atoms with van der Waals surface area (Å²) in [5, 5.41) is 11.0. The molecule has 0 saturated carbocycles. The van der Waals surface area contributed by atoms with Crippen LogP contribution in [0, 0.1) is 0 Å². The van der Waals surface area contributed by atoms with Crippen LogP contribution in [0.1, 0.15) is 35.8 Å². The van der Waals surface area contributed by atoms with Crippen molar-refractivity contribution < 1.29 is 14.0 Å². The molecule has 3 aromatic heterocycles. The Morgan fingerprint density at radius 2 is 2.06 bits per heavy atom. The van der Waals surface area contributed by atoms with Gasteiger partial charge >= 0.3 is 0 Å². The van der Waals surface area contributed by atoms with E-state index in [4.69, 9.17) is 9.40 Å². The molecule has 9 heteroatoms. The summed E-state index contributed by atoms with van der Waals surface area (Å²) in [7, 11) is 0. The number of rotatable bonds is 6. The molecule has 0 bridgehead atoms. The molecular weight excluding hydrogens is 432 g/mol. The van der Waals surface area contributed by atoms with Gasteiger partial charge in [0, 0.05) is 31.4 Å². The first-order valence-electron chi connectivity index (χ1n) is 11.3. The fourth-order valence-corrected chi connectivity index (χ4v) is 4.10. The number of carbonyl (C=O) groups excluding carboxylic acids is 2. The average Bonchev–Trinajstić information content (AvgIpc) is 3.52. The third-order valence-electron chi connectivity index (χ3n) is 5.87. The second-order valence-electron chi connectivity index (χ2n) is 8.57. The Hall–Kier alpha value is -4.14. The van der Waals surface area contributed by atoms with Crippen LogP contribution in [0.15, 0.2) is 59.3 Å². The number of fused-ring (bicyclic) bond motifs is 1. The molecule has 1 saturated heterocycles. The number of hydrogen-bond acceptors (Lipinski definition) is 6. The second kappa shape index (κ2) is 9.01. The molecule has 1 aliphatic heterocycles. The summed E-state index contributed by atoms with van der Waals surface area (Å²) in [5.41, 5.74) is 3.68. The van der Waals surface area contributed by atoms with Crippen LogP contribution in [0.25, 0.3) is 22.5 Å². The van der Waals surface area contributed by atoms with Gasteiger partial charge in [-0.05, 0) is 49.7 Å². The number of amides is 2. The number of nitrogens with zero attached hydrogens (tertiary/aromatic N) is 4. The Bertz CT molecular complexity index is 1320. The molecule has 9 nitrogen and oxygen atoms in total. The maximum atomic E-state index is 13.2. The number of hydrogen-bond donors (Lipinski definition) is 2. The number of pyridine rings is 1. The molecule has 0 spiro atoms. The molecule has 4 aromatic rings. The molecule has 34 heavy (non-hydrogen) atoms. The number of nitrogens with one attached hydrogen (secondary N) is 2.